The molecule has 0 unspecified atom stereocenters. The normalized spacial score (nSPS) is 12.9. The van der Waals surface area contributed by atoms with Crippen LogP contribution in [0.1, 0.15) is 16.4 Å². The fourth-order valence-electron chi connectivity index (χ4n) is 0.881. The fourth-order valence-corrected chi connectivity index (χ4v) is 0.881. The molecule has 104 valence electrons. The Morgan fingerprint density at radius 3 is 2.26 bits per heavy atom. The van der Waals surface area contributed by atoms with Gasteiger partial charge < -0.3 is 10.7 Å². The molecule has 0 radical (unpaired) electrons. The van der Waals surface area contributed by atoms with Crippen molar-refractivity contribution in [1.29, 1.82) is 5.41 Å². The van der Waals surface area contributed by atoms with Gasteiger partial charge in [-0.1, -0.05) is 0 Å². The van der Waals surface area contributed by atoms with E-state index in [1.165, 1.54) is 0 Å². The summed E-state index contributed by atoms with van der Waals surface area (Å²) in [7, 11) is 0. The molecule has 0 aliphatic heterocycles. The van der Waals surface area contributed by atoms with E-state index in [9.17, 15) is 26.7 Å². The Morgan fingerprint density at radius 2 is 1.84 bits per heavy atom. The third-order valence-electron chi connectivity index (χ3n) is 1.84. The Kier molecular flexibility index (Phi) is 3.68. The van der Waals surface area contributed by atoms with Crippen LogP contribution in [0.4, 0.5) is 22.0 Å². The van der Waals surface area contributed by atoms with Crippen LogP contribution < -0.4 is 5.73 Å². The lowest BCUT2D eigenvalue weighted by Gasteiger charge is -2.18. The minimum atomic E-state index is -5.87. The van der Waals surface area contributed by atoms with Gasteiger partial charge in [0.1, 0.15) is 5.71 Å². The van der Waals surface area contributed by atoms with E-state index in [0.29, 0.717) is 6.08 Å². The van der Waals surface area contributed by atoms with Crippen molar-refractivity contribution in [1.82, 2.24) is 15.2 Å². The first kappa shape index (κ1) is 14.7. The van der Waals surface area contributed by atoms with Gasteiger partial charge in [-0.15, -0.1) is 10.2 Å². The topological polar surface area (TPSA) is 109 Å². The Bertz CT molecular complexity index is 532. The average Bonchev–Trinajstić information content (AvgIpc) is 2.72. The Labute approximate surface area is 102 Å². The second kappa shape index (κ2) is 4.74. The summed E-state index contributed by atoms with van der Waals surface area (Å²) < 4.78 is 61.0. The van der Waals surface area contributed by atoms with Crippen LogP contribution in [0.3, 0.4) is 0 Å². The van der Waals surface area contributed by atoms with E-state index in [4.69, 9.17) is 11.1 Å². The fraction of sp³-hybridized carbons (Fsp3) is 0.250. The number of allylic oxidation sites excluding steroid dienone is 1. The minimum absolute atomic E-state index is 0.193. The monoisotopic (exact) mass is 283 g/mol. The predicted octanol–water partition coefficient (Wildman–Crippen LogP) is 1.13. The third kappa shape index (κ3) is 3.11. The summed E-state index contributed by atoms with van der Waals surface area (Å²) >= 11 is 0. The number of alkyl halides is 5. The highest BCUT2D eigenvalue weighted by Crippen LogP contribution is 2.36. The molecule has 1 heterocycles. The summed E-state index contributed by atoms with van der Waals surface area (Å²) in [6.07, 6.45) is -5.03. The number of nitrogens with one attached hydrogen (secondary N) is 2. The third-order valence-corrected chi connectivity index (χ3v) is 1.84. The van der Waals surface area contributed by atoms with E-state index >= 15 is 0 Å². The highest BCUT2D eigenvalue weighted by molar-refractivity contribution is 6.01. The number of nitrogens with two attached hydrogens (primary N) is 1. The molecule has 0 saturated heterocycles. The molecule has 1 rings (SSSR count). The Morgan fingerprint density at radius 1 is 1.26 bits per heavy atom. The van der Waals surface area contributed by atoms with Crippen LogP contribution in [0.2, 0.25) is 0 Å². The molecular formula is C8H6F5N5O. The van der Waals surface area contributed by atoms with Gasteiger partial charge in [0.2, 0.25) is 5.82 Å². The maximum absolute atomic E-state index is 12.6. The summed E-state index contributed by atoms with van der Waals surface area (Å²) in [5, 5.41) is 13.1. The molecule has 1 amide bonds. The van der Waals surface area contributed by atoms with Crippen molar-refractivity contribution >= 4 is 17.7 Å². The number of aromatic nitrogens is 3. The maximum Gasteiger partial charge on any atom is 0.459 e. The van der Waals surface area contributed by atoms with Crippen molar-refractivity contribution in [3.8, 4) is 0 Å². The molecule has 0 spiro atoms. The number of primary amides is 1. The van der Waals surface area contributed by atoms with E-state index in [1.807, 2.05) is 0 Å². The summed E-state index contributed by atoms with van der Waals surface area (Å²) in [5.74, 6) is -6.95. The standard InChI is InChI=1S/C8H6F5N5O/c9-7(10,8(11,12)13)3(14)1-2-4-16-6(5(15)19)18-17-4/h1-2,14H,(H2,15,19)(H,16,17,18)/b2-1-,14-3?. The number of rotatable bonds is 4. The molecule has 0 aliphatic carbocycles. The molecule has 0 atom stereocenters. The predicted molar refractivity (Wildman–Crippen MR) is 52.7 cm³/mol. The smallest absolute Gasteiger partial charge is 0.363 e. The van der Waals surface area contributed by atoms with E-state index < -0.39 is 29.5 Å². The molecule has 0 aromatic carbocycles. The maximum atomic E-state index is 12.6. The van der Waals surface area contributed by atoms with Gasteiger partial charge in [0, 0.05) is 0 Å². The van der Waals surface area contributed by atoms with Crippen molar-refractivity contribution in [3.05, 3.63) is 17.7 Å². The molecule has 1 aromatic rings. The van der Waals surface area contributed by atoms with Crippen molar-refractivity contribution in [2.75, 3.05) is 0 Å². The lowest BCUT2D eigenvalue weighted by Crippen LogP contribution is -2.42. The number of amides is 1. The number of hydrogen-bond donors (Lipinski definition) is 3. The van der Waals surface area contributed by atoms with Gasteiger partial charge >= 0.3 is 12.1 Å². The van der Waals surface area contributed by atoms with Gasteiger partial charge in [-0.05, 0) is 12.2 Å². The lowest BCUT2D eigenvalue weighted by molar-refractivity contribution is -0.249. The number of carbonyl (C=O) groups is 1. The van der Waals surface area contributed by atoms with E-state index in [0.717, 1.165) is 0 Å². The van der Waals surface area contributed by atoms with Gasteiger partial charge in [-0.3, -0.25) is 10.2 Å². The minimum Gasteiger partial charge on any atom is -0.363 e. The first-order chi connectivity index (χ1) is 8.55. The molecule has 0 saturated carbocycles. The average molecular weight is 283 g/mol. The second-order valence-corrected chi connectivity index (χ2v) is 3.24. The Hall–Kier alpha value is -2.33. The van der Waals surface area contributed by atoms with E-state index in [1.54, 1.807) is 0 Å². The summed E-state index contributed by atoms with van der Waals surface area (Å²) in [5.41, 5.74) is 2.83. The first-order valence-electron chi connectivity index (χ1n) is 4.50. The van der Waals surface area contributed by atoms with Crippen molar-refractivity contribution < 1.29 is 26.7 Å². The largest absolute Gasteiger partial charge is 0.459 e. The van der Waals surface area contributed by atoms with Crippen molar-refractivity contribution in [3.63, 3.8) is 0 Å². The number of H-pyrrole nitrogens is 1. The summed E-state index contributed by atoms with van der Waals surface area (Å²) in [4.78, 5) is 12.7. The van der Waals surface area contributed by atoms with Gasteiger partial charge in [0.15, 0.2) is 5.82 Å². The van der Waals surface area contributed by atoms with Crippen molar-refractivity contribution in [2.24, 2.45) is 5.73 Å². The Balaban J connectivity index is 2.87. The zero-order valence-electron chi connectivity index (χ0n) is 8.92. The number of halogens is 5. The lowest BCUT2D eigenvalue weighted by atomic mass is 10.2. The molecule has 11 heteroatoms. The SMILES string of the molecule is N=C(/C=C\c1nnc(C(N)=O)[nH]1)C(F)(F)C(F)(F)F. The number of carbonyl (C=O) groups excluding carboxylic acids is 1. The number of nitrogens with zero attached hydrogens (tertiary/aromatic N) is 2. The molecule has 0 bridgehead atoms. The van der Waals surface area contributed by atoms with Crippen LogP contribution in [0, 0.1) is 5.41 Å². The highest BCUT2D eigenvalue weighted by Gasteiger charge is 2.60. The molecule has 1 aromatic heterocycles. The van der Waals surface area contributed by atoms with Gasteiger partial charge in [-0.2, -0.15) is 22.0 Å². The van der Waals surface area contributed by atoms with Gasteiger partial charge in [0.25, 0.3) is 5.91 Å². The molecular weight excluding hydrogens is 277 g/mol. The van der Waals surface area contributed by atoms with Gasteiger partial charge in [0.05, 0.1) is 0 Å². The van der Waals surface area contributed by atoms with E-state index in [2.05, 4.69) is 15.2 Å². The molecule has 0 fully saturated rings. The highest BCUT2D eigenvalue weighted by atomic mass is 19.4. The van der Waals surface area contributed by atoms with Crippen LogP contribution in [0.5, 0.6) is 0 Å². The zero-order valence-corrected chi connectivity index (χ0v) is 8.92. The van der Waals surface area contributed by atoms with Crippen LogP contribution in [-0.4, -0.2) is 38.9 Å². The molecule has 19 heavy (non-hydrogen) atoms. The van der Waals surface area contributed by atoms with Crippen LogP contribution in [0.25, 0.3) is 6.08 Å². The molecule has 6 nitrogen and oxygen atoms in total. The molecule has 4 N–H and O–H groups in total. The van der Waals surface area contributed by atoms with Crippen LogP contribution in [0.15, 0.2) is 6.08 Å². The molecule has 0 aliphatic rings. The number of hydrogen-bond acceptors (Lipinski definition) is 4. The second-order valence-electron chi connectivity index (χ2n) is 3.24. The summed E-state index contributed by atoms with van der Waals surface area (Å²) in [6.45, 7) is 0. The van der Waals surface area contributed by atoms with Gasteiger partial charge in [-0.25, -0.2) is 0 Å². The van der Waals surface area contributed by atoms with Crippen molar-refractivity contribution in [2.45, 2.75) is 12.1 Å². The summed E-state index contributed by atoms with van der Waals surface area (Å²) in [6, 6.07) is 0. The first-order valence-corrected chi connectivity index (χ1v) is 4.50. The van der Waals surface area contributed by atoms with Crippen LogP contribution in [-0.2, 0) is 0 Å². The number of aromatic amines is 1. The van der Waals surface area contributed by atoms with E-state index in [-0.39, 0.29) is 11.9 Å². The quantitative estimate of drug-likeness (QED) is 0.569. The van der Waals surface area contributed by atoms with Crippen LogP contribution >= 0.6 is 0 Å². The zero-order chi connectivity index (χ0) is 14.8.